The lowest BCUT2D eigenvalue weighted by molar-refractivity contribution is -0.384. The van der Waals surface area contributed by atoms with Gasteiger partial charge < -0.3 is 11.1 Å². The van der Waals surface area contributed by atoms with Gasteiger partial charge in [-0.25, -0.2) is 14.8 Å². The molecule has 0 aromatic heterocycles. The van der Waals surface area contributed by atoms with Crippen LogP contribution >= 0.6 is 11.6 Å². The van der Waals surface area contributed by atoms with Crippen LogP contribution in [0.15, 0.2) is 18.2 Å². The highest BCUT2D eigenvalue weighted by molar-refractivity contribution is 6.33. The van der Waals surface area contributed by atoms with Gasteiger partial charge in [0.25, 0.3) is 11.6 Å². The Morgan fingerprint density at radius 1 is 1.38 bits per heavy atom. The average molecular weight is 384 g/mol. The molecule has 0 radical (unpaired) electrons. The molecule has 2 atom stereocenters. The predicted octanol–water partition coefficient (Wildman–Crippen LogP) is 2.60. The third-order valence-corrected chi connectivity index (χ3v) is 4.76. The first-order valence-corrected chi connectivity index (χ1v) is 8.73. The highest BCUT2D eigenvalue weighted by Gasteiger charge is 2.34. The molecule has 1 unspecified atom stereocenters. The van der Waals surface area contributed by atoms with Crippen LogP contribution in [-0.2, 0) is 4.79 Å². The van der Waals surface area contributed by atoms with Gasteiger partial charge in [-0.2, -0.15) is 0 Å². The van der Waals surface area contributed by atoms with Crippen LogP contribution in [0.3, 0.4) is 0 Å². The van der Waals surface area contributed by atoms with E-state index in [-0.39, 0.29) is 22.5 Å². The minimum atomic E-state index is -0.679. The number of carbonyl (C=O) groups excluding carboxylic acids is 2. The molecule has 9 nitrogen and oxygen atoms in total. The summed E-state index contributed by atoms with van der Waals surface area (Å²) in [6, 6.07) is 2.70. The first kappa shape index (κ1) is 19.9. The van der Waals surface area contributed by atoms with Crippen molar-refractivity contribution in [1.29, 1.82) is 0 Å². The number of benzene rings is 1. The fourth-order valence-corrected chi connectivity index (χ4v) is 2.89. The van der Waals surface area contributed by atoms with E-state index in [4.69, 9.17) is 17.3 Å². The SMILES string of the molecule is CCC(C)[C@H](N)C(=O)N1CCCN1C(=O)Nc1ccc([N+](=O)[O-])c(Cl)c1. The Morgan fingerprint density at radius 3 is 2.62 bits per heavy atom. The predicted molar refractivity (Wildman–Crippen MR) is 97.6 cm³/mol. The first-order valence-electron chi connectivity index (χ1n) is 8.35. The Balaban J connectivity index is 2.10. The number of amides is 3. The lowest BCUT2D eigenvalue weighted by Crippen LogP contribution is -2.53. The Morgan fingerprint density at radius 2 is 2.04 bits per heavy atom. The van der Waals surface area contributed by atoms with E-state index in [1.807, 2.05) is 13.8 Å². The highest BCUT2D eigenvalue weighted by atomic mass is 35.5. The summed E-state index contributed by atoms with van der Waals surface area (Å²) >= 11 is 5.85. The first-order chi connectivity index (χ1) is 12.3. The Labute approximate surface area is 156 Å². The molecule has 3 amide bonds. The van der Waals surface area contributed by atoms with Crippen molar-refractivity contribution in [3.05, 3.63) is 33.3 Å². The Hall–Kier alpha value is -2.39. The van der Waals surface area contributed by atoms with Crippen LogP contribution in [0.25, 0.3) is 0 Å². The lowest BCUT2D eigenvalue weighted by Gasteiger charge is -2.31. The van der Waals surface area contributed by atoms with E-state index in [9.17, 15) is 19.7 Å². The molecular weight excluding hydrogens is 362 g/mol. The monoisotopic (exact) mass is 383 g/mol. The van der Waals surface area contributed by atoms with Gasteiger partial charge in [-0.1, -0.05) is 31.9 Å². The van der Waals surface area contributed by atoms with Crippen LogP contribution in [0.4, 0.5) is 16.2 Å². The van der Waals surface area contributed by atoms with E-state index < -0.39 is 17.0 Å². The number of hydrazine groups is 1. The fraction of sp³-hybridized carbons (Fsp3) is 0.500. The molecule has 1 aliphatic heterocycles. The molecule has 0 saturated carbocycles. The zero-order valence-electron chi connectivity index (χ0n) is 14.6. The van der Waals surface area contributed by atoms with E-state index >= 15 is 0 Å². The number of nitrogens with one attached hydrogen (secondary N) is 1. The summed E-state index contributed by atoms with van der Waals surface area (Å²) in [7, 11) is 0. The zero-order chi connectivity index (χ0) is 19.4. The number of halogens is 1. The maximum atomic E-state index is 12.6. The number of anilines is 1. The largest absolute Gasteiger partial charge is 0.340 e. The molecule has 1 fully saturated rings. The second-order valence-corrected chi connectivity index (χ2v) is 6.61. The minimum Gasteiger partial charge on any atom is -0.320 e. The minimum absolute atomic E-state index is 0.00138. The summed E-state index contributed by atoms with van der Waals surface area (Å²) < 4.78 is 0. The van der Waals surface area contributed by atoms with Crippen molar-refractivity contribution < 1.29 is 14.5 Å². The summed E-state index contributed by atoms with van der Waals surface area (Å²) in [5.74, 6) is -0.296. The van der Waals surface area contributed by atoms with Gasteiger partial charge in [-0.05, 0) is 24.5 Å². The number of carbonyl (C=O) groups is 2. The van der Waals surface area contributed by atoms with Gasteiger partial charge in [0.1, 0.15) is 5.02 Å². The number of nitrogens with two attached hydrogens (primary N) is 1. The van der Waals surface area contributed by atoms with Gasteiger partial charge >= 0.3 is 6.03 Å². The number of urea groups is 1. The van der Waals surface area contributed by atoms with Crippen LogP contribution in [0.2, 0.25) is 5.02 Å². The van der Waals surface area contributed by atoms with Gasteiger partial charge in [-0.15, -0.1) is 0 Å². The number of rotatable bonds is 5. The third kappa shape index (κ3) is 4.23. The van der Waals surface area contributed by atoms with Crippen LogP contribution in [0, 0.1) is 16.0 Å². The number of nitro groups is 1. The Kier molecular flexibility index (Phi) is 6.38. The molecule has 1 aliphatic rings. The molecule has 1 heterocycles. The number of nitro benzene ring substituents is 1. The quantitative estimate of drug-likeness (QED) is 0.597. The van der Waals surface area contributed by atoms with Gasteiger partial charge in [0.05, 0.1) is 11.0 Å². The van der Waals surface area contributed by atoms with Gasteiger partial charge in [-0.3, -0.25) is 14.9 Å². The molecule has 0 aliphatic carbocycles. The van der Waals surface area contributed by atoms with Gasteiger partial charge in [0.2, 0.25) is 0 Å². The van der Waals surface area contributed by atoms with Crippen molar-refractivity contribution in [2.75, 3.05) is 18.4 Å². The second-order valence-electron chi connectivity index (χ2n) is 6.20. The van der Waals surface area contributed by atoms with Crippen molar-refractivity contribution in [2.45, 2.75) is 32.7 Å². The smallest absolute Gasteiger partial charge is 0.320 e. The van der Waals surface area contributed by atoms with E-state index in [1.54, 1.807) is 0 Å². The molecule has 2 rings (SSSR count). The molecule has 1 saturated heterocycles. The van der Waals surface area contributed by atoms with E-state index in [0.29, 0.717) is 25.2 Å². The zero-order valence-corrected chi connectivity index (χ0v) is 15.4. The molecule has 26 heavy (non-hydrogen) atoms. The van der Waals surface area contributed by atoms with Crippen molar-refractivity contribution >= 4 is 34.9 Å². The summed E-state index contributed by atoms with van der Waals surface area (Å²) in [6.45, 7) is 4.63. The number of hydrogen-bond donors (Lipinski definition) is 2. The van der Waals surface area contributed by atoms with Crippen molar-refractivity contribution in [3.8, 4) is 0 Å². The molecule has 0 spiro atoms. The standard InChI is InChI=1S/C16H22ClN5O4/c1-3-10(2)14(18)15(23)20-7-4-8-21(20)16(24)19-11-5-6-13(22(25)26)12(17)9-11/h5-6,9-10,14H,3-4,7-8,18H2,1-2H3,(H,19,24)/t10?,14-/m0/s1. The molecular formula is C16H22ClN5O4. The summed E-state index contributed by atoms with van der Waals surface area (Å²) in [5, 5.41) is 16.0. The van der Waals surface area contributed by atoms with Crippen molar-refractivity contribution in [2.24, 2.45) is 11.7 Å². The topological polar surface area (TPSA) is 122 Å². The van der Waals surface area contributed by atoms with Crippen LogP contribution in [0.5, 0.6) is 0 Å². The molecule has 1 aromatic carbocycles. The van der Waals surface area contributed by atoms with Crippen molar-refractivity contribution in [3.63, 3.8) is 0 Å². The third-order valence-electron chi connectivity index (χ3n) is 4.46. The number of hydrogen-bond acceptors (Lipinski definition) is 5. The van der Waals surface area contributed by atoms with E-state index in [1.165, 1.54) is 28.2 Å². The van der Waals surface area contributed by atoms with Crippen LogP contribution in [0.1, 0.15) is 26.7 Å². The maximum absolute atomic E-state index is 12.6. The molecule has 10 heteroatoms. The Bertz CT molecular complexity index is 714. The highest BCUT2D eigenvalue weighted by Crippen LogP contribution is 2.27. The van der Waals surface area contributed by atoms with Crippen LogP contribution < -0.4 is 11.1 Å². The summed E-state index contributed by atoms with van der Waals surface area (Å²) in [5.41, 5.74) is 6.05. The average Bonchev–Trinajstić information content (AvgIpc) is 3.09. The fourth-order valence-electron chi connectivity index (χ4n) is 2.64. The van der Waals surface area contributed by atoms with Crippen LogP contribution in [-0.4, -0.2) is 46.0 Å². The van der Waals surface area contributed by atoms with Gasteiger partial charge in [0.15, 0.2) is 0 Å². The molecule has 0 bridgehead atoms. The van der Waals surface area contributed by atoms with Crippen molar-refractivity contribution in [1.82, 2.24) is 10.0 Å². The lowest BCUT2D eigenvalue weighted by atomic mass is 9.99. The normalized spacial score (nSPS) is 16.3. The van der Waals surface area contributed by atoms with E-state index in [2.05, 4.69) is 5.32 Å². The summed E-state index contributed by atoms with van der Waals surface area (Å²) in [4.78, 5) is 35.3. The number of nitrogens with zero attached hydrogens (tertiary/aromatic N) is 3. The summed E-state index contributed by atoms with van der Waals surface area (Å²) in [6.07, 6.45) is 1.40. The van der Waals surface area contributed by atoms with E-state index in [0.717, 1.165) is 6.42 Å². The molecule has 142 valence electrons. The molecule has 3 N–H and O–H groups in total. The maximum Gasteiger partial charge on any atom is 0.340 e. The van der Waals surface area contributed by atoms with Gasteiger partial charge in [0, 0.05) is 24.8 Å². The second kappa shape index (κ2) is 8.33. The molecule has 1 aromatic rings.